The third kappa shape index (κ3) is 5.21. The smallest absolute Gasteiger partial charge is 0.171 e. The van der Waals surface area contributed by atoms with Crippen LogP contribution < -0.4 is 0 Å². The Labute approximate surface area is 186 Å². The zero-order chi connectivity index (χ0) is 20.9. The Bertz CT molecular complexity index is 946. The number of likely N-dealkylation sites (N-methyl/N-ethyl adjacent to an activating group) is 1. The molecule has 0 amide bonds. The summed E-state index contributed by atoms with van der Waals surface area (Å²) in [6.45, 7) is 6.42. The molecule has 0 spiro atoms. The van der Waals surface area contributed by atoms with Gasteiger partial charge in [0.2, 0.25) is 0 Å². The lowest BCUT2D eigenvalue weighted by Crippen LogP contribution is -2.28. The van der Waals surface area contributed by atoms with E-state index in [4.69, 9.17) is 26.1 Å². The Morgan fingerprint density at radius 1 is 1.30 bits per heavy atom. The largest absolute Gasteiger partial charge is 0.383 e. The summed E-state index contributed by atoms with van der Waals surface area (Å²) in [5, 5.41) is 2.28. The van der Waals surface area contributed by atoms with E-state index in [2.05, 4.69) is 57.3 Å². The molecule has 0 saturated carbocycles. The molecule has 1 aliphatic rings. The quantitative estimate of drug-likeness (QED) is 0.444. The average molecular weight is 449 g/mol. The van der Waals surface area contributed by atoms with Gasteiger partial charge in [-0.25, -0.2) is 4.98 Å². The Kier molecular flexibility index (Phi) is 7.38. The molecule has 2 aromatic heterocycles. The average Bonchev–Trinajstić information content (AvgIpc) is 3.38. The van der Waals surface area contributed by atoms with Gasteiger partial charge in [0, 0.05) is 31.9 Å². The second-order valence-electron chi connectivity index (χ2n) is 7.81. The number of hydrogen-bond acceptors (Lipinski definition) is 6. The minimum absolute atomic E-state index is 0.146. The lowest BCUT2D eigenvalue weighted by molar-refractivity contribution is -0.0403. The highest BCUT2D eigenvalue weighted by Crippen LogP contribution is 2.37. The van der Waals surface area contributed by atoms with Crippen molar-refractivity contribution in [3.63, 3.8) is 0 Å². The summed E-state index contributed by atoms with van der Waals surface area (Å²) in [7, 11) is 1.73. The highest BCUT2D eigenvalue weighted by Gasteiger charge is 2.32. The van der Waals surface area contributed by atoms with Crippen molar-refractivity contribution < 1.29 is 9.47 Å². The Hall–Kier alpha value is -1.51. The summed E-state index contributed by atoms with van der Waals surface area (Å²) in [5.74, 6) is 1.19. The molecule has 30 heavy (non-hydrogen) atoms. The molecule has 4 rings (SSSR count). The van der Waals surface area contributed by atoms with Gasteiger partial charge in [0.05, 0.1) is 13.2 Å². The molecule has 0 N–H and O–H groups in total. The van der Waals surface area contributed by atoms with Gasteiger partial charge >= 0.3 is 0 Å². The van der Waals surface area contributed by atoms with E-state index in [0.29, 0.717) is 5.92 Å². The van der Waals surface area contributed by atoms with Crippen molar-refractivity contribution in [1.82, 2.24) is 18.8 Å². The number of hydrogen-bond donors (Lipinski definition) is 0. The van der Waals surface area contributed by atoms with Crippen LogP contribution in [0.4, 0.5) is 0 Å². The van der Waals surface area contributed by atoms with Crippen molar-refractivity contribution in [3.8, 4) is 0 Å². The maximum absolute atomic E-state index is 6.48. The van der Waals surface area contributed by atoms with E-state index in [1.165, 1.54) is 22.4 Å². The van der Waals surface area contributed by atoms with Crippen LogP contribution in [0, 0.1) is 5.92 Å². The van der Waals surface area contributed by atoms with Crippen LogP contribution in [0.3, 0.4) is 0 Å². The number of ether oxygens (including phenoxy) is 2. The van der Waals surface area contributed by atoms with Gasteiger partial charge in [-0.3, -0.25) is 4.90 Å². The third-order valence-corrected chi connectivity index (χ3v) is 6.69. The summed E-state index contributed by atoms with van der Waals surface area (Å²) >= 11 is 7.94. The molecule has 3 atom stereocenters. The normalized spacial score (nSPS) is 22.2. The molecule has 3 unspecified atom stereocenters. The highest BCUT2D eigenvalue weighted by atomic mass is 35.5. The summed E-state index contributed by atoms with van der Waals surface area (Å²) in [4.78, 5) is 7.09. The Morgan fingerprint density at radius 3 is 3.00 bits per heavy atom. The molecule has 0 bridgehead atoms. The van der Waals surface area contributed by atoms with Gasteiger partial charge in [-0.15, -0.1) is 0 Å². The van der Waals surface area contributed by atoms with Gasteiger partial charge in [0.25, 0.3) is 0 Å². The summed E-state index contributed by atoms with van der Waals surface area (Å²) in [6, 6.07) is 10.6. The Balaban J connectivity index is 1.41. The molecule has 0 radical (unpaired) electrons. The van der Waals surface area contributed by atoms with Crippen LogP contribution in [0.15, 0.2) is 36.5 Å². The maximum atomic E-state index is 6.48. The number of aromatic nitrogens is 3. The standard InChI is InChI=1S/C22H29ClN4O2S/c1-3-26(10-11-28-2)15-21-24-22(25-30-21)19-12-16(13-20(23)29-19)14-27-9-8-17-6-4-5-7-18(17)27/h4-9,16,19-20H,3,10-15H2,1-2H3. The number of halogens is 1. The van der Waals surface area contributed by atoms with Crippen LogP contribution in [-0.2, 0) is 22.6 Å². The molecule has 1 fully saturated rings. The first-order valence-corrected chi connectivity index (χ1v) is 11.7. The number of fused-ring (bicyclic) bond motifs is 1. The van der Waals surface area contributed by atoms with Crippen LogP contribution >= 0.6 is 23.1 Å². The monoisotopic (exact) mass is 448 g/mol. The first kappa shape index (κ1) is 21.7. The summed E-state index contributed by atoms with van der Waals surface area (Å²) in [6.07, 6.45) is 3.73. The lowest BCUT2D eigenvalue weighted by Gasteiger charge is -2.31. The van der Waals surface area contributed by atoms with E-state index in [1.54, 1.807) is 7.11 Å². The SMILES string of the molecule is CCN(CCOC)Cc1nc(C2CC(Cn3ccc4ccccc43)CC(Cl)O2)ns1. The van der Waals surface area contributed by atoms with E-state index in [0.717, 1.165) is 56.5 Å². The van der Waals surface area contributed by atoms with E-state index >= 15 is 0 Å². The minimum atomic E-state index is -0.309. The van der Waals surface area contributed by atoms with Gasteiger partial charge in [-0.1, -0.05) is 36.7 Å². The molecule has 3 aromatic rings. The Morgan fingerprint density at radius 2 is 2.17 bits per heavy atom. The number of methoxy groups -OCH3 is 1. The van der Waals surface area contributed by atoms with E-state index < -0.39 is 0 Å². The maximum Gasteiger partial charge on any atom is 0.171 e. The molecular formula is C22H29ClN4O2S. The number of alkyl halides is 1. The van der Waals surface area contributed by atoms with Gasteiger partial charge in [0.1, 0.15) is 16.7 Å². The predicted octanol–water partition coefficient (Wildman–Crippen LogP) is 4.69. The van der Waals surface area contributed by atoms with Crippen molar-refractivity contribution in [1.29, 1.82) is 0 Å². The zero-order valence-corrected chi connectivity index (χ0v) is 19.1. The lowest BCUT2D eigenvalue weighted by atomic mass is 9.95. The van der Waals surface area contributed by atoms with Crippen molar-refractivity contribution in [2.24, 2.45) is 5.92 Å². The minimum Gasteiger partial charge on any atom is -0.383 e. The van der Waals surface area contributed by atoms with E-state index in [9.17, 15) is 0 Å². The number of benzene rings is 1. The van der Waals surface area contributed by atoms with Crippen LogP contribution in [0.2, 0.25) is 0 Å². The van der Waals surface area contributed by atoms with Crippen molar-refractivity contribution in [2.75, 3.05) is 26.8 Å². The molecule has 8 heteroatoms. The molecular weight excluding hydrogens is 420 g/mol. The van der Waals surface area contributed by atoms with Crippen LogP contribution in [0.25, 0.3) is 10.9 Å². The highest BCUT2D eigenvalue weighted by molar-refractivity contribution is 7.05. The molecule has 3 heterocycles. The topological polar surface area (TPSA) is 52.4 Å². The number of para-hydroxylation sites is 1. The second-order valence-corrected chi connectivity index (χ2v) is 9.13. The molecule has 1 saturated heterocycles. The third-order valence-electron chi connectivity index (χ3n) is 5.70. The first-order chi connectivity index (χ1) is 14.7. The van der Waals surface area contributed by atoms with E-state index in [1.807, 2.05) is 0 Å². The number of nitrogens with zero attached hydrogens (tertiary/aromatic N) is 4. The first-order valence-electron chi connectivity index (χ1n) is 10.5. The second kappa shape index (κ2) is 10.2. The van der Waals surface area contributed by atoms with Gasteiger partial charge in [-0.05, 0) is 54.4 Å². The molecule has 6 nitrogen and oxygen atoms in total. The van der Waals surface area contributed by atoms with Crippen LogP contribution in [0.1, 0.15) is 36.7 Å². The molecule has 0 aliphatic carbocycles. The zero-order valence-electron chi connectivity index (χ0n) is 17.5. The van der Waals surface area contributed by atoms with Gasteiger partial charge in [0.15, 0.2) is 5.82 Å². The van der Waals surface area contributed by atoms with E-state index in [-0.39, 0.29) is 11.7 Å². The fourth-order valence-corrected chi connectivity index (χ4v) is 5.18. The van der Waals surface area contributed by atoms with Crippen molar-refractivity contribution >= 4 is 34.0 Å². The van der Waals surface area contributed by atoms with Crippen LogP contribution in [0.5, 0.6) is 0 Å². The van der Waals surface area contributed by atoms with Crippen molar-refractivity contribution in [3.05, 3.63) is 47.4 Å². The van der Waals surface area contributed by atoms with Crippen LogP contribution in [-0.4, -0.2) is 51.2 Å². The summed E-state index contributed by atoms with van der Waals surface area (Å²) in [5.41, 5.74) is 0.952. The van der Waals surface area contributed by atoms with Gasteiger partial charge in [-0.2, -0.15) is 4.37 Å². The number of rotatable bonds is 9. The van der Waals surface area contributed by atoms with Crippen molar-refractivity contribution in [2.45, 2.75) is 44.5 Å². The molecule has 1 aromatic carbocycles. The molecule has 162 valence electrons. The fourth-order valence-electron chi connectivity index (χ4n) is 4.07. The van der Waals surface area contributed by atoms with Gasteiger partial charge < -0.3 is 14.0 Å². The molecule has 1 aliphatic heterocycles. The summed E-state index contributed by atoms with van der Waals surface area (Å²) < 4.78 is 18.1. The predicted molar refractivity (Wildman–Crippen MR) is 121 cm³/mol. The fraction of sp³-hybridized carbons (Fsp3) is 0.545.